The predicted molar refractivity (Wildman–Crippen MR) is 113 cm³/mol. The zero-order valence-corrected chi connectivity index (χ0v) is 17.2. The van der Waals surface area contributed by atoms with Crippen molar-refractivity contribution in [3.8, 4) is 11.6 Å². The highest BCUT2D eigenvalue weighted by molar-refractivity contribution is 5.85. The minimum atomic E-state index is -0.0981. The molecule has 0 unspecified atom stereocenters. The number of ether oxygens (including phenoxy) is 2. The molecule has 0 spiro atoms. The van der Waals surface area contributed by atoms with E-state index in [9.17, 15) is 4.79 Å². The molecule has 0 N–H and O–H groups in total. The number of hydrogen-bond acceptors (Lipinski definition) is 5. The minimum absolute atomic E-state index is 0. The number of fused-ring (bicyclic) bond motifs is 1. The second-order valence-corrected chi connectivity index (χ2v) is 6.66. The molecular weight excluding hydrogens is 378 g/mol. The molecule has 0 saturated heterocycles. The first kappa shape index (κ1) is 21.7. The number of aromatic nitrogens is 2. The Bertz CT molecular complexity index is 955. The molecule has 0 amide bonds. The van der Waals surface area contributed by atoms with Gasteiger partial charge < -0.3 is 14.4 Å². The molecule has 0 fully saturated rings. The molecule has 0 radical (unpaired) electrons. The summed E-state index contributed by atoms with van der Waals surface area (Å²) in [6.45, 7) is 1.43. The molecule has 3 rings (SSSR count). The predicted octanol–water partition coefficient (Wildman–Crippen LogP) is 3.05. The van der Waals surface area contributed by atoms with Crippen molar-refractivity contribution in [3.63, 3.8) is 0 Å². The highest BCUT2D eigenvalue weighted by Gasteiger charge is 2.15. The van der Waals surface area contributed by atoms with E-state index in [2.05, 4.69) is 9.88 Å². The Hall–Kier alpha value is -2.57. The maximum atomic E-state index is 13.0. The number of nitrogens with zero attached hydrogens (tertiary/aromatic N) is 3. The van der Waals surface area contributed by atoms with Crippen molar-refractivity contribution in [2.24, 2.45) is 0 Å². The van der Waals surface area contributed by atoms with Gasteiger partial charge >= 0.3 is 0 Å². The molecule has 2 heterocycles. The molecule has 6 nitrogen and oxygen atoms in total. The Morgan fingerprint density at radius 2 is 1.86 bits per heavy atom. The summed E-state index contributed by atoms with van der Waals surface area (Å²) >= 11 is 0. The molecule has 150 valence electrons. The number of rotatable bonds is 8. The van der Waals surface area contributed by atoms with Crippen LogP contribution in [0, 0.1) is 0 Å². The summed E-state index contributed by atoms with van der Waals surface area (Å²) in [6, 6.07) is 13.2. The summed E-state index contributed by atoms with van der Waals surface area (Å²) < 4.78 is 12.7. The first-order valence-electron chi connectivity index (χ1n) is 8.99. The van der Waals surface area contributed by atoms with Crippen LogP contribution in [0.2, 0.25) is 0 Å². The third kappa shape index (κ3) is 5.24. The van der Waals surface area contributed by atoms with Gasteiger partial charge in [-0.1, -0.05) is 18.2 Å². The fourth-order valence-corrected chi connectivity index (χ4v) is 2.87. The van der Waals surface area contributed by atoms with Gasteiger partial charge in [-0.3, -0.25) is 9.20 Å². The fourth-order valence-electron chi connectivity index (χ4n) is 2.87. The molecule has 0 saturated carbocycles. The van der Waals surface area contributed by atoms with Crippen molar-refractivity contribution >= 4 is 18.1 Å². The van der Waals surface area contributed by atoms with Crippen molar-refractivity contribution in [1.82, 2.24) is 14.3 Å². The molecule has 0 atom stereocenters. The van der Waals surface area contributed by atoms with Gasteiger partial charge in [0.15, 0.2) is 0 Å². The Kier molecular flexibility index (Phi) is 7.84. The molecule has 1 aromatic carbocycles. The molecule has 2 aromatic heterocycles. The fraction of sp³-hybridized carbons (Fsp3) is 0.333. The monoisotopic (exact) mass is 403 g/mol. The van der Waals surface area contributed by atoms with Gasteiger partial charge in [-0.05, 0) is 50.3 Å². The average Bonchev–Trinajstić information content (AvgIpc) is 2.68. The first-order valence-corrected chi connectivity index (χ1v) is 8.99. The van der Waals surface area contributed by atoms with E-state index in [0.29, 0.717) is 30.1 Å². The van der Waals surface area contributed by atoms with E-state index < -0.39 is 0 Å². The smallest absolute Gasteiger partial charge is 0.265 e. The molecule has 28 heavy (non-hydrogen) atoms. The Labute approximate surface area is 171 Å². The van der Waals surface area contributed by atoms with Crippen molar-refractivity contribution in [1.29, 1.82) is 0 Å². The SMILES string of the molecule is COc1ccc(Cc2c(OCCCN(C)C)nc3ccccn3c2=O)cc1.Cl. The second-order valence-electron chi connectivity index (χ2n) is 6.66. The number of pyridine rings is 1. The number of hydrogen-bond donors (Lipinski definition) is 0. The third-order valence-electron chi connectivity index (χ3n) is 4.32. The van der Waals surface area contributed by atoms with Crippen molar-refractivity contribution < 1.29 is 9.47 Å². The Morgan fingerprint density at radius 1 is 1.11 bits per heavy atom. The highest BCUT2D eigenvalue weighted by Crippen LogP contribution is 2.19. The second kappa shape index (κ2) is 10.1. The summed E-state index contributed by atoms with van der Waals surface area (Å²) in [5.74, 6) is 1.20. The number of benzene rings is 1. The van der Waals surface area contributed by atoms with Crippen molar-refractivity contribution in [3.05, 3.63) is 70.1 Å². The van der Waals surface area contributed by atoms with E-state index in [4.69, 9.17) is 9.47 Å². The lowest BCUT2D eigenvalue weighted by Gasteiger charge is -2.13. The quantitative estimate of drug-likeness (QED) is 0.541. The average molecular weight is 404 g/mol. The van der Waals surface area contributed by atoms with Crippen LogP contribution in [-0.2, 0) is 6.42 Å². The van der Waals surface area contributed by atoms with Gasteiger partial charge in [0.05, 0.1) is 19.3 Å². The van der Waals surface area contributed by atoms with Crippen LogP contribution in [0.25, 0.3) is 5.65 Å². The highest BCUT2D eigenvalue weighted by atomic mass is 35.5. The van der Waals surface area contributed by atoms with Crippen LogP contribution in [0.5, 0.6) is 11.6 Å². The Morgan fingerprint density at radius 3 is 2.54 bits per heavy atom. The van der Waals surface area contributed by atoms with Gasteiger partial charge in [0.2, 0.25) is 5.88 Å². The van der Waals surface area contributed by atoms with Crippen molar-refractivity contribution in [2.45, 2.75) is 12.8 Å². The van der Waals surface area contributed by atoms with Crippen LogP contribution in [0.15, 0.2) is 53.5 Å². The Balaban J connectivity index is 0.00000280. The van der Waals surface area contributed by atoms with Crippen LogP contribution < -0.4 is 15.0 Å². The van der Waals surface area contributed by atoms with Crippen LogP contribution >= 0.6 is 12.4 Å². The molecule has 0 aliphatic rings. The van der Waals surface area contributed by atoms with Gasteiger partial charge in [-0.15, -0.1) is 12.4 Å². The summed E-state index contributed by atoms with van der Waals surface area (Å²) in [5, 5.41) is 0. The van der Waals surface area contributed by atoms with Crippen LogP contribution in [-0.4, -0.2) is 48.6 Å². The molecule has 7 heteroatoms. The normalized spacial score (nSPS) is 10.7. The van der Waals surface area contributed by atoms with E-state index in [1.807, 2.05) is 56.6 Å². The summed E-state index contributed by atoms with van der Waals surface area (Å²) in [7, 11) is 5.68. The zero-order valence-electron chi connectivity index (χ0n) is 16.4. The zero-order chi connectivity index (χ0) is 19.2. The van der Waals surface area contributed by atoms with E-state index in [1.54, 1.807) is 17.7 Å². The van der Waals surface area contributed by atoms with E-state index >= 15 is 0 Å². The van der Waals surface area contributed by atoms with Crippen LogP contribution in [0.4, 0.5) is 0 Å². The number of methoxy groups -OCH3 is 1. The number of halogens is 1. The molecule has 3 aromatic rings. The van der Waals surface area contributed by atoms with Gasteiger partial charge in [-0.2, -0.15) is 4.98 Å². The van der Waals surface area contributed by atoms with Gasteiger partial charge in [0.25, 0.3) is 5.56 Å². The van der Waals surface area contributed by atoms with Crippen LogP contribution in [0.3, 0.4) is 0 Å². The van der Waals surface area contributed by atoms with Crippen LogP contribution in [0.1, 0.15) is 17.5 Å². The van der Waals surface area contributed by atoms with Gasteiger partial charge in [0, 0.05) is 19.2 Å². The minimum Gasteiger partial charge on any atom is -0.497 e. The lowest BCUT2D eigenvalue weighted by Crippen LogP contribution is -2.22. The topological polar surface area (TPSA) is 56.1 Å². The van der Waals surface area contributed by atoms with E-state index in [1.165, 1.54) is 0 Å². The summed E-state index contributed by atoms with van der Waals surface area (Å²) in [6.07, 6.45) is 3.06. The third-order valence-corrected chi connectivity index (χ3v) is 4.32. The summed E-state index contributed by atoms with van der Waals surface area (Å²) in [5.41, 5.74) is 2.06. The lowest BCUT2D eigenvalue weighted by molar-refractivity contribution is 0.271. The molecule has 0 aliphatic carbocycles. The molecule has 0 bridgehead atoms. The first-order chi connectivity index (χ1) is 13.1. The summed E-state index contributed by atoms with van der Waals surface area (Å²) in [4.78, 5) is 19.7. The maximum Gasteiger partial charge on any atom is 0.265 e. The van der Waals surface area contributed by atoms with E-state index in [0.717, 1.165) is 24.3 Å². The molecular formula is C21H26ClN3O3. The van der Waals surface area contributed by atoms with Gasteiger partial charge in [0.1, 0.15) is 11.4 Å². The lowest BCUT2D eigenvalue weighted by atomic mass is 10.1. The molecule has 0 aliphatic heterocycles. The van der Waals surface area contributed by atoms with Gasteiger partial charge in [-0.25, -0.2) is 0 Å². The standard InChI is InChI=1S/C21H25N3O3.ClH/c1-23(2)12-6-14-27-20-18(15-16-8-10-17(26-3)11-9-16)21(25)24-13-5-4-7-19(24)22-20;/h4-5,7-11,13H,6,12,14-15H2,1-3H3;1H. The van der Waals surface area contributed by atoms with E-state index in [-0.39, 0.29) is 18.0 Å². The maximum absolute atomic E-state index is 13.0. The van der Waals surface area contributed by atoms with Crippen molar-refractivity contribution in [2.75, 3.05) is 34.4 Å². The largest absolute Gasteiger partial charge is 0.497 e.